The van der Waals surface area contributed by atoms with E-state index in [-0.39, 0.29) is 11.4 Å². The summed E-state index contributed by atoms with van der Waals surface area (Å²) in [4.78, 5) is 28.5. The van der Waals surface area contributed by atoms with Gasteiger partial charge in [-0.25, -0.2) is 9.97 Å². The predicted molar refractivity (Wildman–Crippen MR) is 97.9 cm³/mol. The topological polar surface area (TPSA) is 52.6 Å². The van der Waals surface area contributed by atoms with E-state index in [2.05, 4.69) is 21.8 Å². The first-order chi connectivity index (χ1) is 12.0. The minimum Gasteiger partial charge on any atom is -0.353 e. The number of aryl methyl sites for hydroxylation is 2. The Morgan fingerprint density at radius 2 is 1.84 bits per heavy atom. The van der Waals surface area contributed by atoms with E-state index in [1.165, 1.54) is 17.7 Å². The zero-order valence-electron chi connectivity index (χ0n) is 15.7. The summed E-state index contributed by atoms with van der Waals surface area (Å²) in [6, 6.07) is 0. The number of fused-ring (bicyclic) bond motifs is 1. The van der Waals surface area contributed by atoms with Crippen LogP contribution in [0.2, 0.25) is 0 Å². The molecule has 2 aliphatic heterocycles. The van der Waals surface area contributed by atoms with Crippen LogP contribution in [0.3, 0.4) is 0 Å². The average Bonchev–Trinajstić information content (AvgIpc) is 3.01. The van der Waals surface area contributed by atoms with E-state index in [1.807, 2.05) is 18.9 Å². The lowest BCUT2D eigenvalue weighted by Gasteiger charge is -2.50. The summed E-state index contributed by atoms with van der Waals surface area (Å²) in [6.07, 6.45) is 6.01. The Bertz CT molecular complexity index is 691. The number of hydrogen-bond donors (Lipinski definition) is 0. The van der Waals surface area contributed by atoms with E-state index >= 15 is 0 Å². The molecule has 0 saturated carbocycles. The quantitative estimate of drug-likeness (QED) is 0.772. The Morgan fingerprint density at radius 1 is 1.00 bits per heavy atom. The van der Waals surface area contributed by atoms with Crippen molar-refractivity contribution in [2.45, 2.75) is 51.0 Å². The maximum atomic E-state index is 12.2. The van der Waals surface area contributed by atoms with E-state index in [0.717, 1.165) is 63.5 Å². The van der Waals surface area contributed by atoms with Gasteiger partial charge in [-0.3, -0.25) is 9.69 Å². The molecule has 0 radical (unpaired) electrons. The van der Waals surface area contributed by atoms with Crippen LogP contribution < -0.4 is 4.90 Å². The summed E-state index contributed by atoms with van der Waals surface area (Å²) in [6.45, 7) is 5.85. The maximum Gasteiger partial charge on any atom is 0.222 e. The normalized spacial score (nSPS) is 27.7. The fraction of sp³-hybridized carbons (Fsp3) is 0.737. The molecule has 2 saturated heterocycles. The number of anilines is 1. The predicted octanol–water partition coefficient (Wildman–Crippen LogP) is 1.41. The summed E-state index contributed by atoms with van der Waals surface area (Å²) < 4.78 is 0. The van der Waals surface area contributed by atoms with E-state index < -0.39 is 0 Å². The number of piperazine rings is 1. The molecule has 3 heterocycles. The van der Waals surface area contributed by atoms with Gasteiger partial charge >= 0.3 is 0 Å². The van der Waals surface area contributed by atoms with Gasteiger partial charge in [0.15, 0.2) is 0 Å². The molecule has 1 aliphatic carbocycles. The maximum absolute atomic E-state index is 12.2. The van der Waals surface area contributed by atoms with Crippen LogP contribution in [0.15, 0.2) is 0 Å². The zero-order valence-corrected chi connectivity index (χ0v) is 15.7. The molecule has 0 bridgehead atoms. The standard InChI is InChI=1S/C19H29N5O/c1-14-20-16-6-4-5-15(16)18(21-14)24-12-11-23(3)19(13-24)8-7-17(25)22(2)10-9-19/h4-13H2,1-3H3/t19-/m0/s1. The van der Waals surface area contributed by atoms with Crippen LogP contribution in [-0.4, -0.2) is 71.5 Å². The first-order valence-corrected chi connectivity index (χ1v) is 9.55. The van der Waals surface area contributed by atoms with E-state index in [9.17, 15) is 4.79 Å². The number of rotatable bonds is 1. The molecule has 0 aromatic carbocycles. The van der Waals surface area contributed by atoms with Crippen molar-refractivity contribution in [3.63, 3.8) is 0 Å². The van der Waals surface area contributed by atoms with Gasteiger partial charge in [-0.05, 0) is 46.1 Å². The molecule has 1 spiro atoms. The number of nitrogens with zero attached hydrogens (tertiary/aromatic N) is 5. The summed E-state index contributed by atoms with van der Waals surface area (Å²) in [7, 11) is 4.16. The Labute approximate surface area is 150 Å². The lowest BCUT2D eigenvalue weighted by atomic mass is 9.86. The minimum absolute atomic E-state index is 0.0724. The molecule has 1 aromatic heterocycles. The van der Waals surface area contributed by atoms with Crippen LogP contribution in [-0.2, 0) is 17.6 Å². The second-order valence-electron chi connectivity index (χ2n) is 8.01. The second kappa shape index (κ2) is 6.24. The van der Waals surface area contributed by atoms with Gasteiger partial charge in [0, 0.05) is 56.4 Å². The number of likely N-dealkylation sites (N-methyl/N-ethyl adjacent to an activating group) is 1. The monoisotopic (exact) mass is 343 g/mol. The Kier molecular flexibility index (Phi) is 4.18. The third-order valence-electron chi connectivity index (χ3n) is 6.47. The number of amides is 1. The van der Waals surface area contributed by atoms with Gasteiger partial charge in [0.1, 0.15) is 11.6 Å². The van der Waals surface area contributed by atoms with Crippen LogP contribution in [0.25, 0.3) is 0 Å². The van der Waals surface area contributed by atoms with Gasteiger partial charge in [0.05, 0.1) is 0 Å². The Hall–Kier alpha value is -1.69. The second-order valence-corrected chi connectivity index (χ2v) is 8.01. The van der Waals surface area contributed by atoms with Gasteiger partial charge in [0.25, 0.3) is 0 Å². The first-order valence-electron chi connectivity index (χ1n) is 9.55. The summed E-state index contributed by atoms with van der Waals surface area (Å²) in [5.41, 5.74) is 2.70. The van der Waals surface area contributed by atoms with Crippen molar-refractivity contribution >= 4 is 11.7 Å². The molecule has 4 rings (SSSR count). The molecule has 1 atom stereocenters. The van der Waals surface area contributed by atoms with Crippen LogP contribution in [0.4, 0.5) is 5.82 Å². The average molecular weight is 343 g/mol. The summed E-state index contributed by atoms with van der Waals surface area (Å²) in [5.74, 6) is 2.33. The first kappa shape index (κ1) is 16.8. The van der Waals surface area contributed by atoms with Crippen molar-refractivity contribution in [2.24, 2.45) is 0 Å². The van der Waals surface area contributed by atoms with Crippen molar-refractivity contribution in [1.82, 2.24) is 19.8 Å². The molecule has 25 heavy (non-hydrogen) atoms. The van der Waals surface area contributed by atoms with E-state index in [0.29, 0.717) is 6.42 Å². The SMILES string of the molecule is Cc1nc2c(c(N3CCN(C)[C@]4(CCC(=O)N(C)CC4)C3)n1)CCC2. The molecule has 2 fully saturated rings. The molecule has 1 amide bonds. The smallest absolute Gasteiger partial charge is 0.222 e. The van der Waals surface area contributed by atoms with Crippen molar-refractivity contribution < 1.29 is 4.79 Å². The van der Waals surface area contributed by atoms with E-state index in [4.69, 9.17) is 4.98 Å². The highest BCUT2D eigenvalue weighted by Gasteiger charge is 2.42. The van der Waals surface area contributed by atoms with Gasteiger partial charge < -0.3 is 9.80 Å². The van der Waals surface area contributed by atoms with Crippen molar-refractivity contribution in [3.8, 4) is 0 Å². The molecular weight excluding hydrogens is 314 g/mol. The molecule has 136 valence electrons. The number of hydrogen-bond acceptors (Lipinski definition) is 5. The largest absolute Gasteiger partial charge is 0.353 e. The molecule has 0 unspecified atom stereocenters. The summed E-state index contributed by atoms with van der Waals surface area (Å²) >= 11 is 0. The molecule has 0 N–H and O–H groups in total. The van der Waals surface area contributed by atoms with Crippen molar-refractivity contribution in [1.29, 1.82) is 0 Å². The third-order valence-corrected chi connectivity index (χ3v) is 6.47. The molecule has 6 nitrogen and oxygen atoms in total. The third kappa shape index (κ3) is 2.90. The lowest BCUT2D eigenvalue weighted by molar-refractivity contribution is -0.129. The van der Waals surface area contributed by atoms with E-state index in [1.54, 1.807) is 0 Å². The Balaban J connectivity index is 1.64. The number of carbonyl (C=O) groups is 1. The van der Waals surface area contributed by atoms with Gasteiger partial charge in [-0.1, -0.05) is 0 Å². The highest BCUT2D eigenvalue weighted by molar-refractivity contribution is 5.76. The van der Waals surface area contributed by atoms with Gasteiger partial charge in [0.2, 0.25) is 5.91 Å². The highest BCUT2D eigenvalue weighted by atomic mass is 16.2. The molecular formula is C19H29N5O. The van der Waals surface area contributed by atoms with Crippen LogP contribution >= 0.6 is 0 Å². The van der Waals surface area contributed by atoms with Crippen LogP contribution in [0.1, 0.15) is 42.8 Å². The van der Waals surface area contributed by atoms with Gasteiger partial charge in [-0.15, -0.1) is 0 Å². The molecule has 1 aromatic rings. The number of aromatic nitrogens is 2. The van der Waals surface area contributed by atoms with Crippen LogP contribution in [0.5, 0.6) is 0 Å². The zero-order chi connectivity index (χ0) is 17.6. The molecule has 3 aliphatic rings. The van der Waals surface area contributed by atoms with Crippen LogP contribution in [0, 0.1) is 6.92 Å². The fourth-order valence-electron chi connectivity index (χ4n) is 4.73. The lowest BCUT2D eigenvalue weighted by Crippen LogP contribution is -2.61. The summed E-state index contributed by atoms with van der Waals surface area (Å²) in [5, 5.41) is 0. The number of carbonyl (C=O) groups excluding carboxylic acids is 1. The molecule has 6 heteroatoms. The van der Waals surface area contributed by atoms with Gasteiger partial charge in [-0.2, -0.15) is 0 Å². The van der Waals surface area contributed by atoms with Crippen molar-refractivity contribution in [2.75, 3.05) is 45.2 Å². The Morgan fingerprint density at radius 3 is 2.68 bits per heavy atom. The number of likely N-dealkylation sites (tertiary alicyclic amines) is 1. The minimum atomic E-state index is 0.0724. The fourth-order valence-corrected chi connectivity index (χ4v) is 4.73. The highest BCUT2D eigenvalue weighted by Crippen LogP contribution is 2.36. The van der Waals surface area contributed by atoms with Crippen molar-refractivity contribution in [3.05, 3.63) is 17.1 Å².